The van der Waals surface area contributed by atoms with E-state index in [0.29, 0.717) is 19.6 Å². The van der Waals surface area contributed by atoms with Crippen LogP contribution in [0.2, 0.25) is 0 Å². The zero-order valence-electron chi connectivity index (χ0n) is 15.9. The molecule has 0 fully saturated rings. The van der Waals surface area contributed by atoms with Crippen LogP contribution in [0.25, 0.3) is 0 Å². The van der Waals surface area contributed by atoms with Gasteiger partial charge in [-0.25, -0.2) is 4.57 Å². The lowest BCUT2D eigenvalue weighted by atomic mass is 9.82. The predicted molar refractivity (Wildman–Crippen MR) is 97.7 cm³/mol. The standard InChI is InChI=1S/C18H28N2O5S/c1-5-25-16(21)9-7-6-8-10-20-12-14(26(22,23)24)11-15-17(20)19-13(2)18(15,3)4/h11-13H,5-10H2,1-4H3,(H,22,23,24)/p+1. The molecule has 26 heavy (non-hydrogen) atoms. The Hall–Kier alpha value is -1.67. The Labute approximate surface area is 155 Å². The molecule has 1 aromatic heterocycles. The van der Waals surface area contributed by atoms with Gasteiger partial charge in [-0.3, -0.25) is 14.7 Å². The first-order chi connectivity index (χ1) is 12.1. The average Bonchev–Trinajstić information content (AvgIpc) is 2.76. The summed E-state index contributed by atoms with van der Waals surface area (Å²) in [5, 5.41) is 3.42. The van der Waals surface area contributed by atoms with Crippen LogP contribution >= 0.6 is 0 Å². The lowest BCUT2D eigenvalue weighted by molar-refractivity contribution is -0.685. The van der Waals surface area contributed by atoms with E-state index in [1.165, 1.54) is 6.20 Å². The first kappa shape index (κ1) is 20.6. The Morgan fingerprint density at radius 1 is 1.35 bits per heavy atom. The van der Waals surface area contributed by atoms with E-state index in [0.717, 1.165) is 30.6 Å². The Balaban J connectivity index is 2.13. The van der Waals surface area contributed by atoms with Crippen molar-refractivity contribution in [2.24, 2.45) is 0 Å². The molecule has 1 aliphatic heterocycles. The highest BCUT2D eigenvalue weighted by Gasteiger charge is 2.44. The number of unbranched alkanes of at least 4 members (excludes halogenated alkanes) is 2. The summed E-state index contributed by atoms with van der Waals surface area (Å²) in [6.45, 7) is 8.93. The number of hydrogen-bond acceptors (Lipinski definition) is 5. The smallest absolute Gasteiger partial charge is 0.305 e. The molecule has 0 radical (unpaired) electrons. The second-order valence-electron chi connectivity index (χ2n) is 7.31. The van der Waals surface area contributed by atoms with Gasteiger partial charge in [0.15, 0.2) is 0 Å². The number of carbonyl (C=O) groups excluding carboxylic acids is 1. The minimum Gasteiger partial charge on any atom is -0.466 e. The number of fused-ring (bicyclic) bond motifs is 1. The molecule has 1 aromatic rings. The number of carbonyl (C=O) groups is 1. The third-order valence-corrected chi connectivity index (χ3v) is 5.94. The zero-order valence-corrected chi connectivity index (χ0v) is 16.7. The van der Waals surface area contributed by atoms with Crippen LogP contribution in [0.1, 0.15) is 58.9 Å². The maximum absolute atomic E-state index is 11.7. The molecule has 1 atom stereocenters. The Morgan fingerprint density at radius 2 is 2.04 bits per heavy atom. The van der Waals surface area contributed by atoms with Crippen LogP contribution in [0.5, 0.6) is 0 Å². The Bertz CT molecular complexity index is 774. The topological polar surface area (TPSA) is 96.6 Å². The van der Waals surface area contributed by atoms with E-state index in [1.54, 1.807) is 13.0 Å². The van der Waals surface area contributed by atoms with E-state index in [4.69, 9.17) is 4.74 Å². The molecule has 0 spiro atoms. The number of nitrogens with one attached hydrogen (secondary N) is 1. The molecule has 146 valence electrons. The van der Waals surface area contributed by atoms with Crippen molar-refractivity contribution in [3.8, 4) is 0 Å². The lowest BCUT2D eigenvalue weighted by Gasteiger charge is -2.20. The van der Waals surface area contributed by atoms with Crippen molar-refractivity contribution < 1.29 is 27.1 Å². The molecule has 2 N–H and O–H groups in total. The van der Waals surface area contributed by atoms with E-state index in [-0.39, 0.29) is 22.3 Å². The predicted octanol–water partition coefficient (Wildman–Crippen LogP) is 2.44. The summed E-state index contributed by atoms with van der Waals surface area (Å²) >= 11 is 0. The zero-order chi connectivity index (χ0) is 19.5. The average molecular weight is 386 g/mol. The van der Waals surface area contributed by atoms with Crippen molar-refractivity contribution in [1.29, 1.82) is 0 Å². The number of ether oxygens (including phenoxy) is 1. The van der Waals surface area contributed by atoms with Gasteiger partial charge >= 0.3 is 5.97 Å². The number of anilines is 1. The summed E-state index contributed by atoms with van der Waals surface area (Å²) in [6.07, 6.45) is 4.22. The van der Waals surface area contributed by atoms with E-state index < -0.39 is 10.1 Å². The van der Waals surface area contributed by atoms with Gasteiger partial charge in [0.25, 0.3) is 15.9 Å². The molecule has 8 heteroatoms. The number of hydrogen-bond donors (Lipinski definition) is 2. The van der Waals surface area contributed by atoms with E-state index in [9.17, 15) is 17.8 Å². The second-order valence-corrected chi connectivity index (χ2v) is 8.73. The van der Waals surface area contributed by atoms with Gasteiger partial charge in [0.1, 0.15) is 17.1 Å². The highest BCUT2D eigenvalue weighted by atomic mass is 32.2. The van der Waals surface area contributed by atoms with Crippen molar-refractivity contribution >= 4 is 21.9 Å². The number of aromatic nitrogens is 1. The number of nitrogens with zero attached hydrogens (tertiary/aromatic N) is 1. The van der Waals surface area contributed by atoms with Crippen LogP contribution in [0, 0.1) is 0 Å². The van der Waals surface area contributed by atoms with Crippen molar-refractivity contribution in [2.45, 2.75) is 76.3 Å². The number of pyridine rings is 1. The van der Waals surface area contributed by atoms with Gasteiger partial charge in [0.2, 0.25) is 0 Å². The maximum Gasteiger partial charge on any atom is 0.305 e. The molecular weight excluding hydrogens is 356 g/mol. The monoisotopic (exact) mass is 385 g/mol. The van der Waals surface area contributed by atoms with Gasteiger partial charge in [-0.15, -0.1) is 0 Å². The highest BCUT2D eigenvalue weighted by molar-refractivity contribution is 7.85. The number of aryl methyl sites for hydroxylation is 1. The van der Waals surface area contributed by atoms with Gasteiger partial charge in [-0.2, -0.15) is 8.42 Å². The minimum atomic E-state index is -4.28. The van der Waals surface area contributed by atoms with E-state index in [2.05, 4.69) is 12.2 Å². The summed E-state index contributed by atoms with van der Waals surface area (Å²) in [5.41, 5.74) is 0.633. The molecule has 0 aromatic carbocycles. The number of rotatable bonds is 8. The van der Waals surface area contributed by atoms with E-state index in [1.807, 2.05) is 18.4 Å². The normalized spacial score (nSPS) is 18.3. The van der Waals surface area contributed by atoms with Crippen LogP contribution in [0.3, 0.4) is 0 Å². The molecule has 0 bridgehead atoms. The molecule has 7 nitrogen and oxygen atoms in total. The minimum absolute atomic E-state index is 0.0910. The van der Waals surface area contributed by atoms with Crippen molar-refractivity contribution in [3.63, 3.8) is 0 Å². The molecule has 2 heterocycles. The lowest BCUT2D eigenvalue weighted by Crippen LogP contribution is -2.38. The quantitative estimate of drug-likeness (QED) is 0.309. The number of esters is 1. The fraction of sp³-hybridized carbons (Fsp3) is 0.667. The van der Waals surface area contributed by atoms with Crippen LogP contribution < -0.4 is 9.88 Å². The molecule has 0 saturated carbocycles. The van der Waals surface area contributed by atoms with Crippen molar-refractivity contribution in [1.82, 2.24) is 0 Å². The fourth-order valence-corrected chi connectivity index (χ4v) is 3.70. The molecule has 1 unspecified atom stereocenters. The largest absolute Gasteiger partial charge is 0.466 e. The molecule has 2 rings (SSSR count). The SMILES string of the molecule is CCOC(=O)CCCCC[n+]1cc(S(=O)(=O)O)cc2c1NC(C)C2(C)C. The second kappa shape index (κ2) is 7.92. The molecule has 0 amide bonds. The highest BCUT2D eigenvalue weighted by Crippen LogP contribution is 2.39. The Kier molecular flexibility index (Phi) is 6.29. The van der Waals surface area contributed by atoms with Gasteiger partial charge in [-0.05, 0) is 39.2 Å². The third kappa shape index (κ3) is 4.54. The van der Waals surface area contributed by atoms with Crippen molar-refractivity contribution in [3.05, 3.63) is 17.8 Å². The summed E-state index contributed by atoms with van der Waals surface area (Å²) in [4.78, 5) is 11.3. The molecule has 0 aliphatic carbocycles. The van der Waals surface area contributed by atoms with Gasteiger partial charge in [0, 0.05) is 11.8 Å². The summed E-state index contributed by atoms with van der Waals surface area (Å²) in [5.74, 6) is 0.701. The van der Waals surface area contributed by atoms with Crippen LogP contribution in [0.15, 0.2) is 17.2 Å². The maximum atomic E-state index is 11.7. The first-order valence-corrected chi connectivity index (χ1v) is 10.5. The fourth-order valence-electron chi connectivity index (χ4n) is 3.17. The van der Waals surface area contributed by atoms with Gasteiger partial charge in [-0.1, -0.05) is 13.8 Å². The van der Waals surface area contributed by atoms with Gasteiger partial charge in [0.05, 0.1) is 18.7 Å². The summed E-state index contributed by atoms with van der Waals surface area (Å²) < 4.78 is 39.6. The third-order valence-electron chi connectivity index (χ3n) is 5.13. The molecule has 0 saturated heterocycles. The van der Waals surface area contributed by atoms with Crippen LogP contribution in [-0.4, -0.2) is 31.6 Å². The molecule has 1 aliphatic rings. The van der Waals surface area contributed by atoms with E-state index >= 15 is 0 Å². The first-order valence-electron chi connectivity index (χ1n) is 9.05. The van der Waals surface area contributed by atoms with Crippen LogP contribution in [-0.2, 0) is 31.6 Å². The van der Waals surface area contributed by atoms with Crippen LogP contribution in [0.4, 0.5) is 5.82 Å². The Morgan fingerprint density at radius 3 is 2.65 bits per heavy atom. The summed E-state index contributed by atoms with van der Waals surface area (Å²) in [6, 6.07) is 1.70. The molecular formula is C18H29N2O5S+. The summed E-state index contributed by atoms with van der Waals surface area (Å²) in [7, 11) is -4.28. The van der Waals surface area contributed by atoms with Crippen molar-refractivity contribution in [2.75, 3.05) is 11.9 Å². The van der Waals surface area contributed by atoms with Gasteiger partial charge < -0.3 is 4.74 Å².